The Labute approximate surface area is 117 Å². The molecule has 0 aromatic heterocycles. The van der Waals surface area contributed by atoms with Gasteiger partial charge in [0.1, 0.15) is 0 Å². The Bertz CT molecular complexity index is 287. The molecular formula is C16H29NS. The zero-order chi connectivity index (χ0) is 13.0. The molecule has 2 rings (SSSR count). The maximum Gasteiger partial charge on any atom is 0.00777 e. The second-order valence-corrected chi connectivity index (χ2v) is 7.56. The van der Waals surface area contributed by atoms with Gasteiger partial charge in [0.2, 0.25) is 0 Å². The summed E-state index contributed by atoms with van der Waals surface area (Å²) in [4.78, 5) is 0. The highest BCUT2D eigenvalue weighted by atomic mass is 32.2. The first-order valence-corrected chi connectivity index (χ1v) is 8.89. The van der Waals surface area contributed by atoms with E-state index in [-0.39, 0.29) is 0 Å². The van der Waals surface area contributed by atoms with Crippen LogP contribution < -0.4 is 5.32 Å². The summed E-state index contributed by atoms with van der Waals surface area (Å²) < 4.78 is 0. The molecule has 104 valence electrons. The average Bonchev–Trinajstić information content (AvgIpc) is 2.35. The van der Waals surface area contributed by atoms with Crippen LogP contribution in [0, 0.1) is 11.8 Å². The molecule has 0 aromatic rings. The van der Waals surface area contributed by atoms with Crippen molar-refractivity contribution in [3.63, 3.8) is 0 Å². The minimum Gasteiger partial charge on any atom is -0.314 e. The number of hydrogen-bond donors (Lipinski definition) is 1. The molecule has 18 heavy (non-hydrogen) atoms. The summed E-state index contributed by atoms with van der Waals surface area (Å²) in [5, 5.41) is 4.76. The van der Waals surface area contributed by atoms with Gasteiger partial charge in [-0.3, -0.25) is 0 Å². The summed E-state index contributed by atoms with van der Waals surface area (Å²) >= 11 is 2.06. The molecule has 2 aliphatic carbocycles. The molecule has 1 saturated carbocycles. The number of nitrogens with one attached hydrogen (secondary N) is 1. The van der Waals surface area contributed by atoms with Crippen molar-refractivity contribution in [2.75, 3.05) is 12.8 Å². The molecular weight excluding hydrogens is 238 g/mol. The van der Waals surface area contributed by atoms with Gasteiger partial charge in [0, 0.05) is 11.3 Å². The average molecular weight is 267 g/mol. The predicted octanol–water partition coefficient (Wildman–Crippen LogP) is 4.24. The highest BCUT2D eigenvalue weighted by Gasteiger charge is 2.23. The van der Waals surface area contributed by atoms with Crippen molar-refractivity contribution in [1.29, 1.82) is 0 Å². The van der Waals surface area contributed by atoms with Gasteiger partial charge in [-0.2, -0.15) is 11.8 Å². The van der Waals surface area contributed by atoms with Crippen molar-refractivity contribution >= 4 is 11.8 Å². The monoisotopic (exact) mass is 267 g/mol. The second kappa shape index (κ2) is 7.00. The van der Waals surface area contributed by atoms with Crippen molar-refractivity contribution < 1.29 is 0 Å². The largest absolute Gasteiger partial charge is 0.314 e. The van der Waals surface area contributed by atoms with Crippen LogP contribution in [0.25, 0.3) is 0 Å². The summed E-state index contributed by atoms with van der Waals surface area (Å²) in [5.41, 5.74) is 1.60. The van der Waals surface area contributed by atoms with Crippen molar-refractivity contribution in [1.82, 2.24) is 5.32 Å². The Morgan fingerprint density at radius 1 is 1.33 bits per heavy atom. The van der Waals surface area contributed by atoms with Crippen LogP contribution in [0.2, 0.25) is 0 Å². The fraction of sp³-hybridized carbons (Fsp3) is 0.875. The summed E-state index contributed by atoms with van der Waals surface area (Å²) in [6, 6.07) is 0.790. The molecule has 1 nitrogen and oxygen atoms in total. The third-order valence-electron chi connectivity index (χ3n) is 4.54. The van der Waals surface area contributed by atoms with E-state index in [4.69, 9.17) is 0 Å². The van der Waals surface area contributed by atoms with Gasteiger partial charge >= 0.3 is 0 Å². The van der Waals surface area contributed by atoms with Gasteiger partial charge in [0.15, 0.2) is 0 Å². The van der Waals surface area contributed by atoms with E-state index >= 15 is 0 Å². The van der Waals surface area contributed by atoms with Gasteiger partial charge in [-0.1, -0.05) is 25.0 Å². The first-order chi connectivity index (χ1) is 8.67. The molecule has 0 aliphatic heterocycles. The van der Waals surface area contributed by atoms with Gasteiger partial charge in [0.25, 0.3) is 0 Å². The van der Waals surface area contributed by atoms with Gasteiger partial charge < -0.3 is 5.32 Å². The van der Waals surface area contributed by atoms with E-state index in [9.17, 15) is 0 Å². The van der Waals surface area contributed by atoms with Crippen molar-refractivity contribution in [3.8, 4) is 0 Å². The number of hydrogen-bond acceptors (Lipinski definition) is 2. The molecule has 2 aliphatic rings. The quantitative estimate of drug-likeness (QED) is 0.765. The van der Waals surface area contributed by atoms with Crippen LogP contribution in [-0.2, 0) is 0 Å². The van der Waals surface area contributed by atoms with Gasteiger partial charge in [0.05, 0.1) is 0 Å². The highest BCUT2D eigenvalue weighted by Crippen LogP contribution is 2.29. The molecule has 0 bridgehead atoms. The lowest BCUT2D eigenvalue weighted by Gasteiger charge is -2.32. The Kier molecular flexibility index (Phi) is 5.62. The van der Waals surface area contributed by atoms with Gasteiger partial charge in [-0.15, -0.1) is 0 Å². The van der Waals surface area contributed by atoms with Crippen LogP contribution in [0.3, 0.4) is 0 Å². The topological polar surface area (TPSA) is 12.0 Å². The molecule has 0 radical (unpaired) electrons. The zero-order valence-corrected chi connectivity index (χ0v) is 13.1. The zero-order valence-electron chi connectivity index (χ0n) is 12.2. The molecule has 0 aromatic carbocycles. The second-order valence-electron chi connectivity index (χ2n) is 6.43. The molecule has 0 spiro atoms. The number of allylic oxidation sites excluding steroid dienone is 2. The smallest absolute Gasteiger partial charge is 0.00777 e. The van der Waals surface area contributed by atoms with E-state index in [1.807, 2.05) is 0 Å². The maximum atomic E-state index is 3.86. The molecule has 4 atom stereocenters. The molecule has 2 heteroatoms. The van der Waals surface area contributed by atoms with E-state index < -0.39 is 0 Å². The molecule has 1 fully saturated rings. The van der Waals surface area contributed by atoms with Crippen molar-refractivity contribution in [3.05, 3.63) is 11.6 Å². The summed E-state index contributed by atoms with van der Waals surface area (Å²) in [6.07, 6.45) is 13.1. The lowest BCUT2D eigenvalue weighted by molar-refractivity contribution is 0.322. The Morgan fingerprint density at radius 2 is 2.17 bits per heavy atom. The summed E-state index contributed by atoms with van der Waals surface area (Å²) in [6.45, 7) is 5.90. The first kappa shape index (κ1) is 14.5. The van der Waals surface area contributed by atoms with Crippen LogP contribution in [-0.4, -0.2) is 24.1 Å². The van der Waals surface area contributed by atoms with E-state index in [1.165, 1.54) is 45.1 Å². The van der Waals surface area contributed by atoms with Gasteiger partial charge in [-0.05, 0) is 63.7 Å². The minimum absolute atomic E-state index is 0.788. The molecule has 0 saturated heterocycles. The normalized spacial score (nSPS) is 37.4. The number of rotatable bonds is 4. The van der Waals surface area contributed by atoms with Crippen LogP contribution in [0.4, 0.5) is 0 Å². The van der Waals surface area contributed by atoms with E-state index in [0.29, 0.717) is 0 Å². The van der Waals surface area contributed by atoms with E-state index in [0.717, 1.165) is 23.1 Å². The summed E-state index contributed by atoms with van der Waals surface area (Å²) in [5.74, 6) is 1.66. The Morgan fingerprint density at radius 3 is 2.89 bits per heavy atom. The Hall–Kier alpha value is 0.0500. The van der Waals surface area contributed by atoms with E-state index in [2.05, 4.69) is 43.3 Å². The fourth-order valence-electron chi connectivity index (χ4n) is 3.72. The SMILES string of the molecule is CSC1CCCC(NCC2CC(C)=CC(C)C2)C1. The fourth-order valence-corrected chi connectivity index (χ4v) is 4.55. The van der Waals surface area contributed by atoms with Crippen LogP contribution >= 0.6 is 11.8 Å². The number of thioether (sulfide) groups is 1. The molecule has 1 N–H and O–H groups in total. The predicted molar refractivity (Wildman–Crippen MR) is 83.2 cm³/mol. The third-order valence-corrected chi connectivity index (χ3v) is 5.63. The lowest BCUT2D eigenvalue weighted by Crippen LogP contribution is -2.38. The molecule has 4 unspecified atom stereocenters. The first-order valence-electron chi connectivity index (χ1n) is 7.61. The summed E-state index contributed by atoms with van der Waals surface area (Å²) in [7, 11) is 0. The van der Waals surface area contributed by atoms with E-state index in [1.54, 1.807) is 5.57 Å². The highest BCUT2D eigenvalue weighted by molar-refractivity contribution is 7.99. The molecule has 0 heterocycles. The third kappa shape index (κ3) is 4.31. The molecule has 0 amide bonds. The van der Waals surface area contributed by atoms with Crippen LogP contribution in [0.15, 0.2) is 11.6 Å². The minimum atomic E-state index is 0.788. The van der Waals surface area contributed by atoms with Crippen LogP contribution in [0.1, 0.15) is 52.4 Å². The lowest BCUT2D eigenvalue weighted by atomic mass is 9.83. The maximum absolute atomic E-state index is 3.86. The van der Waals surface area contributed by atoms with Crippen molar-refractivity contribution in [2.45, 2.75) is 63.7 Å². The Balaban J connectivity index is 1.73. The van der Waals surface area contributed by atoms with Gasteiger partial charge in [-0.25, -0.2) is 0 Å². The van der Waals surface area contributed by atoms with Crippen LogP contribution in [0.5, 0.6) is 0 Å². The van der Waals surface area contributed by atoms with Crippen molar-refractivity contribution in [2.24, 2.45) is 11.8 Å². The standard InChI is InChI=1S/C16H29NS/c1-12-7-13(2)9-14(8-12)11-17-15-5-4-6-16(10-15)18-3/h7,12,14-17H,4-6,8-11H2,1-3H3.